The summed E-state index contributed by atoms with van der Waals surface area (Å²) in [6.07, 6.45) is 10.8. The highest BCUT2D eigenvalue weighted by atomic mass is 16.5. The number of rotatable bonds is 11. The van der Waals surface area contributed by atoms with Crippen molar-refractivity contribution in [3.63, 3.8) is 0 Å². The van der Waals surface area contributed by atoms with Crippen LogP contribution in [0.1, 0.15) is 69.4 Å². The summed E-state index contributed by atoms with van der Waals surface area (Å²) in [4.78, 5) is 0. The van der Waals surface area contributed by atoms with Gasteiger partial charge in [0.2, 0.25) is 0 Å². The van der Waals surface area contributed by atoms with Gasteiger partial charge >= 0.3 is 0 Å². The minimum Gasteiger partial charge on any atom is -0.396 e. The minimum absolute atomic E-state index is 0.295. The van der Waals surface area contributed by atoms with Crippen molar-refractivity contribution in [2.45, 2.75) is 83.5 Å². The Hall–Kier alpha value is -1.68. The second kappa shape index (κ2) is 16.1. The van der Waals surface area contributed by atoms with Gasteiger partial charge in [-0.25, -0.2) is 0 Å². The van der Waals surface area contributed by atoms with Crippen LogP contribution < -0.4 is 0 Å². The molecule has 0 aromatic heterocycles. The molecule has 1 aliphatic heterocycles. The summed E-state index contributed by atoms with van der Waals surface area (Å²) >= 11 is 0. The lowest BCUT2D eigenvalue weighted by Crippen LogP contribution is -2.28. The molecule has 0 saturated carbocycles. The van der Waals surface area contributed by atoms with Crippen LogP contribution in [0.15, 0.2) is 60.7 Å². The van der Waals surface area contributed by atoms with Crippen LogP contribution in [0.25, 0.3) is 0 Å². The number of benzene rings is 2. The molecule has 1 N–H and O–H groups in total. The first-order valence-electron chi connectivity index (χ1n) is 11.7. The molecule has 3 rings (SSSR count). The summed E-state index contributed by atoms with van der Waals surface area (Å²) in [6, 6.07) is 20.9. The summed E-state index contributed by atoms with van der Waals surface area (Å²) in [6.45, 7) is 3.95. The third-order valence-corrected chi connectivity index (χ3v) is 5.45. The van der Waals surface area contributed by atoms with Crippen LogP contribution in [0.4, 0.5) is 0 Å². The third kappa shape index (κ3) is 10.9. The van der Waals surface area contributed by atoms with Crippen LogP contribution in [0.2, 0.25) is 0 Å². The summed E-state index contributed by atoms with van der Waals surface area (Å²) in [7, 11) is 0. The average molecular weight is 413 g/mol. The highest BCUT2D eigenvalue weighted by molar-refractivity contribution is 5.14. The summed E-state index contributed by atoms with van der Waals surface area (Å²) in [5, 5.41) is 8.83. The van der Waals surface area contributed by atoms with Crippen LogP contribution in [-0.4, -0.2) is 30.5 Å². The Morgan fingerprint density at radius 1 is 0.867 bits per heavy atom. The smallest absolute Gasteiger partial charge is 0.0716 e. The van der Waals surface area contributed by atoms with Gasteiger partial charge in [0, 0.05) is 13.2 Å². The molecule has 1 aliphatic rings. The van der Waals surface area contributed by atoms with Crippen molar-refractivity contribution >= 4 is 0 Å². The van der Waals surface area contributed by atoms with Crippen LogP contribution in [0.3, 0.4) is 0 Å². The van der Waals surface area contributed by atoms with Gasteiger partial charge in [-0.3, -0.25) is 0 Å². The molecule has 1 heterocycles. The van der Waals surface area contributed by atoms with E-state index >= 15 is 0 Å². The predicted molar refractivity (Wildman–Crippen MR) is 125 cm³/mol. The Bertz CT molecular complexity index is 629. The van der Waals surface area contributed by atoms with E-state index < -0.39 is 0 Å². The number of aliphatic hydroxyl groups excluding tert-OH is 1. The minimum atomic E-state index is 0.295. The van der Waals surface area contributed by atoms with Gasteiger partial charge in [0.25, 0.3) is 0 Å². The molecule has 0 bridgehead atoms. The molecule has 2 atom stereocenters. The summed E-state index contributed by atoms with van der Waals surface area (Å²) in [5.41, 5.74) is 2.67. The standard InChI is InChI=1S/C18H28O3.C9H12/c19-13-5-4-9-17-10-6-11-18(21-17)12-14-20-15-16-7-2-1-3-8-16;1-2-6-9-7-4-3-5-8-9/h1-3,7-8,17-19H,4-6,9-15H2;3-5,7-8H,2,6H2,1H3. The van der Waals surface area contributed by atoms with Gasteiger partial charge in [0.1, 0.15) is 0 Å². The van der Waals surface area contributed by atoms with E-state index in [9.17, 15) is 0 Å². The van der Waals surface area contributed by atoms with Gasteiger partial charge < -0.3 is 14.6 Å². The maximum atomic E-state index is 8.83. The van der Waals surface area contributed by atoms with E-state index in [1.54, 1.807) is 0 Å². The second-order valence-corrected chi connectivity index (χ2v) is 8.09. The van der Waals surface area contributed by atoms with E-state index in [1.165, 1.54) is 36.8 Å². The molecule has 1 saturated heterocycles. The van der Waals surface area contributed by atoms with E-state index in [2.05, 4.69) is 49.4 Å². The van der Waals surface area contributed by atoms with Gasteiger partial charge in [-0.05, 0) is 62.5 Å². The fourth-order valence-corrected chi connectivity index (χ4v) is 3.80. The van der Waals surface area contributed by atoms with Crippen molar-refractivity contribution in [1.29, 1.82) is 0 Å². The molecule has 2 aromatic carbocycles. The molecule has 3 heteroatoms. The fraction of sp³-hybridized carbons (Fsp3) is 0.556. The van der Waals surface area contributed by atoms with E-state index in [0.29, 0.717) is 25.4 Å². The Balaban J connectivity index is 0.000000297. The quantitative estimate of drug-likeness (QED) is 0.438. The van der Waals surface area contributed by atoms with Crippen molar-refractivity contribution in [3.05, 3.63) is 71.8 Å². The topological polar surface area (TPSA) is 38.7 Å². The Labute approximate surface area is 183 Å². The molecular weight excluding hydrogens is 372 g/mol. The molecule has 2 unspecified atom stereocenters. The molecule has 0 spiro atoms. The van der Waals surface area contributed by atoms with Gasteiger partial charge in [-0.2, -0.15) is 0 Å². The van der Waals surface area contributed by atoms with E-state index in [-0.39, 0.29) is 0 Å². The van der Waals surface area contributed by atoms with Crippen LogP contribution in [0.5, 0.6) is 0 Å². The SMILES string of the molecule is CCCc1ccccc1.OCCCCC1CCCC(CCOCc2ccccc2)O1. The van der Waals surface area contributed by atoms with Gasteiger partial charge in [0.15, 0.2) is 0 Å². The lowest BCUT2D eigenvalue weighted by molar-refractivity contribution is -0.0674. The zero-order chi connectivity index (χ0) is 21.3. The first kappa shape index (κ1) is 24.6. The number of aryl methyl sites for hydroxylation is 1. The summed E-state index contributed by atoms with van der Waals surface area (Å²) in [5.74, 6) is 0. The van der Waals surface area contributed by atoms with Crippen molar-refractivity contribution in [1.82, 2.24) is 0 Å². The monoisotopic (exact) mass is 412 g/mol. The molecule has 0 amide bonds. The fourth-order valence-electron chi connectivity index (χ4n) is 3.80. The van der Waals surface area contributed by atoms with Crippen molar-refractivity contribution in [2.75, 3.05) is 13.2 Å². The van der Waals surface area contributed by atoms with Gasteiger partial charge in [-0.15, -0.1) is 0 Å². The van der Waals surface area contributed by atoms with Crippen molar-refractivity contribution in [3.8, 4) is 0 Å². The number of ether oxygens (including phenoxy) is 2. The molecule has 3 nitrogen and oxygen atoms in total. The molecule has 0 radical (unpaired) electrons. The Kier molecular flexibility index (Phi) is 13.2. The van der Waals surface area contributed by atoms with E-state index in [0.717, 1.165) is 38.7 Å². The second-order valence-electron chi connectivity index (χ2n) is 8.09. The van der Waals surface area contributed by atoms with Crippen LogP contribution in [0, 0.1) is 0 Å². The predicted octanol–water partition coefficient (Wildman–Crippen LogP) is 6.33. The highest BCUT2D eigenvalue weighted by Crippen LogP contribution is 2.24. The molecule has 166 valence electrons. The zero-order valence-electron chi connectivity index (χ0n) is 18.7. The lowest BCUT2D eigenvalue weighted by Gasteiger charge is -2.30. The molecule has 0 aliphatic carbocycles. The maximum Gasteiger partial charge on any atom is 0.0716 e. The first-order valence-corrected chi connectivity index (χ1v) is 11.7. The molecular formula is C27H40O3. The maximum absolute atomic E-state index is 8.83. The highest BCUT2D eigenvalue weighted by Gasteiger charge is 2.21. The zero-order valence-corrected chi connectivity index (χ0v) is 18.7. The molecule has 1 fully saturated rings. The number of unbranched alkanes of at least 4 members (excludes halogenated alkanes) is 1. The summed E-state index contributed by atoms with van der Waals surface area (Å²) < 4.78 is 11.9. The third-order valence-electron chi connectivity index (χ3n) is 5.45. The van der Waals surface area contributed by atoms with Crippen molar-refractivity contribution < 1.29 is 14.6 Å². The molecule has 2 aromatic rings. The van der Waals surface area contributed by atoms with Gasteiger partial charge in [-0.1, -0.05) is 74.0 Å². The Morgan fingerprint density at radius 2 is 1.50 bits per heavy atom. The Morgan fingerprint density at radius 3 is 2.13 bits per heavy atom. The van der Waals surface area contributed by atoms with Gasteiger partial charge in [0.05, 0.1) is 18.8 Å². The number of aliphatic hydroxyl groups is 1. The van der Waals surface area contributed by atoms with E-state index in [4.69, 9.17) is 14.6 Å². The van der Waals surface area contributed by atoms with E-state index in [1.807, 2.05) is 18.2 Å². The molecule has 30 heavy (non-hydrogen) atoms. The van der Waals surface area contributed by atoms with Crippen molar-refractivity contribution in [2.24, 2.45) is 0 Å². The van der Waals surface area contributed by atoms with Crippen LogP contribution in [-0.2, 0) is 22.5 Å². The lowest BCUT2D eigenvalue weighted by atomic mass is 9.99. The number of hydrogen-bond acceptors (Lipinski definition) is 3. The van der Waals surface area contributed by atoms with Crippen LogP contribution >= 0.6 is 0 Å². The average Bonchev–Trinajstić information content (AvgIpc) is 2.79. The largest absolute Gasteiger partial charge is 0.396 e. The first-order chi connectivity index (χ1) is 14.8. The normalized spacial score (nSPS) is 18.5. The number of hydrogen-bond donors (Lipinski definition) is 1.